The highest BCUT2D eigenvalue weighted by Crippen LogP contribution is 2.34. The molecule has 0 N–H and O–H groups in total. The zero-order chi connectivity index (χ0) is 21.1. The lowest BCUT2D eigenvalue weighted by molar-refractivity contribution is -0.385. The molecule has 0 spiro atoms. The summed E-state index contributed by atoms with van der Waals surface area (Å²) in [5, 5.41) is 11.1. The first-order valence-electron chi connectivity index (χ1n) is 9.36. The maximum atomic E-state index is 13.5. The van der Waals surface area contributed by atoms with Crippen molar-refractivity contribution in [3.8, 4) is 5.75 Å². The minimum Gasteiger partial charge on any atom is -0.419 e. The molecular formula is C21H21FN2O5. The van der Waals surface area contributed by atoms with Gasteiger partial charge in [-0.25, -0.2) is 4.39 Å². The molecule has 2 atom stereocenters. The standard InChI is InChI=1S/C21H21FN2O5/c1-3-13(2)16-6-4-5-7-17(16)23-12-14(10-20(23)25)21(26)29-19-11-15(22)8-9-18(19)24(27)28/h4-9,11,13-14H,3,10,12H2,1-2H3. The van der Waals surface area contributed by atoms with Crippen LogP contribution in [-0.2, 0) is 9.59 Å². The third-order valence-electron chi connectivity index (χ3n) is 5.16. The number of carbonyl (C=O) groups excluding carboxylic acids is 2. The molecule has 0 bridgehead atoms. The van der Waals surface area contributed by atoms with Crippen molar-refractivity contribution >= 4 is 23.3 Å². The normalized spacial score (nSPS) is 17.3. The zero-order valence-corrected chi connectivity index (χ0v) is 16.1. The number of carbonyl (C=O) groups is 2. The summed E-state index contributed by atoms with van der Waals surface area (Å²) < 4.78 is 18.6. The van der Waals surface area contributed by atoms with Gasteiger partial charge in [0.2, 0.25) is 11.7 Å². The average molecular weight is 400 g/mol. The molecule has 1 aliphatic heterocycles. The Morgan fingerprint density at radius 1 is 1.34 bits per heavy atom. The molecule has 0 radical (unpaired) electrons. The molecule has 1 saturated heterocycles. The Balaban J connectivity index is 1.81. The molecule has 0 aliphatic carbocycles. The summed E-state index contributed by atoms with van der Waals surface area (Å²) in [6.45, 7) is 4.22. The van der Waals surface area contributed by atoms with E-state index in [9.17, 15) is 24.1 Å². The molecule has 7 nitrogen and oxygen atoms in total. The largest absolute Gasteiger partial charge is 0.419 e. The van der Waals surface area contributed by atoms with Gasteiger partial charge in [0.15, 0.2) is 0 Å². The molecule has 3 rings (SSSR count). The van der Waals surface area contributed by atoms with Crippen LogP contribution in [-0.4, -0.2) is 23.3 Å². The smallest absolute Gasteiger partial charge is 0.316 e. The molecule has 1 fully saturated rings. The lowest BCUT2D eigenvalue weighted by Gasteiger charge is -2.23. The first-order valence-corrected chi connectivity index (χ1v) is 9.36. The Labute approximate surface area is 167 Å². The molecule has 1 aliphatic rings. The summed E-state index contributed by atoms with van der Waals surface area (Å²) in [6.07, 6.45) is 0.824. The van der Waals surface area contributed by atoms with E-state index in [1.807, 2.05) is 24.3 Å². The van der Waals surface area contributed by atoms with Crippen molar-refractivity contribution in [1.29, 1.82) is 0 Å². The van der Waals surface area contributed by atoms with Gasteiger partial charge in [-0.05, 0) is 30.0 Å². The number of esters is 1. The number of hydrogen-bond acceptors (Lipinski definition) is 5. The van der Waals surface area contributed by atoms with Gasteiger partial charge in [-0.1, -0.05) is 32.0 Å². The summed E-state index contributed by atoms with van der Waals surface area (Å²) >= 11 is 0. The molecule has 8 heteroatoms. The molecule has 2 aromatic rings. The van der Waals surface area contributed by atoms with E-state index in [-0.39, 0.29) is 24.8 Å². The second-order valence-corrected chi connectivity index (χ2v) is 7.06. The Kier molecular flexibility index (Phi) is 5.91. The summed E-state index contributed by atoms with van der Waals surface area (Å²) in [4.78, 5) is 37.0. The Morgan fingerprint density at radius 2 is 2.07 bits per heavy atom. The van der Waals surface area contributed by atoms with Crippen LogP contribution >= 0.6 is 0 Å². The van der Waals surface area contributed by atoms with Gasteiger partial charge in [-0.2, -0.15) is 0 Å². The second-order valence-electron chi connectivity index (χ2n) is 7.06. The number of nitro groups is 1. The first-order chi connectivity index (χ1) is 13.8. The third-order valence-corrected chi connectivity index (χ3v) is 5.16. The van der Waals surface area contributed by atoms with Gasteiger partial charge in [0, 0.05) is 30.8 Å². The lowest BCUT2D eigenvalue weighted by Crippen LogP contribution is -2.28. The van der Waals surface area contributed by atoms with E-state index in [1.165, 1.54) is 0 Å². The Hall–Kier alpha value is -3.29. The van der Waals surface area contributed by atoms with Crippen LogP contribution < -0.4 is 9.64 Å². The van der Waals surface area contributed by atoms with Gasteiger partial charge in [0.05, 0.1) is 10.8 Å². The van der Waals surface area contributed by atoms with Crippen LogP contribution in [0.1, 0.15) is 38.2 Å². The van der Waals surface area contributed by atoms with Gasteiger partial charge in [-0.3, -0.25) is 19.7 Å². The van der Waals surface area contributed by atoms with E-state index < -0.39 is 34.1 Å². The molecule has 2 aromatic carbocycles. The quantitative estimate of drug-likeness (QED) is 0.314. The molecule has 1 amide bonds. The Morgan fingerprint density at radius 3 is 2.76 bits per heavy atom. The number of nitro benzene ring substituents is 1. The van der Waals surface area contributed by atoms with Crippen molar-refractivity contribution in [2.75, 3.05) is 11.4 Å². The molecule has 0 saturated carbocycles. The van der Waals surface area contributed by atoms with Crippen LogP contribution in [0, 0.1) is 21.8 Å². The second kappa shape index (κ2) is 8.38. The van der Waals surface area contributed by atoms with Gasteiger partial charge >= 0.3 is 11.7 Å². The SMILES string of the molecule is CCC(C)c1ccccc1N1CC(C(=O)Oc2cc(F)ccc2[N+](=O)[O-])CC1=O. The maximum absolute atomic E-state index is 13.5. The van der Waals surface area contributed by atoms with E-state index in [2.05, 4.69) is 13.8 Å². The number of halogens is 1. The fourth-order valence-electron chi connectivity index (χ4n) is 3.38. The fraction of sp³-hybridized carbons (Fsp3) is 0.333. The van der Waals surface area contributed by atoms with Crippen LogP contribution in [0.25, 0.3) is 0 Å². The third kappa shape index (κ3) is 4.26. The topological polar surface area (TPSA) is 89.8 Å². The van der Waals surface area contributed by atoms with E-state index in [4.69, 9.17) is 4.74 Å². The fourth-order valence-corrected chi connectivity index (χ4v) is 3.38. The predicted octanol–water partition coefficient (Wildman–Crippen LogP) is 4.21. The lowest BCUT2D eigenvalue weighted by atomic mass is 9.96. The molecule has 1 heterocycles. The van der Waals surface area contributed by atoms with Gasteiger partial charge in [-0.15, -0.1) is 0 Å². The Bertz CT molecular complexity index is 962. The van der Waals surface area contributed by atoms with E-state index >= 15 is 0 Å². The highest BCUT2D eigenvalue weighted by Gasteiger charge is 2.38. The number of benzene rings is 2. The summed E-state index contributed by atoms with van der Waals surface area (Å²) in [5.74, 6) is -2.81. The van der Waals surface area contributed by atoms with E-state index in [1.54, 1.807) is 4.90 Å². The number of ether oxygens (including phenoxy) is 1. The van der Waals surface area contributed by atoms with Crippen molar-refractivity contribution < 1.29 is 23.6 Å². The maximum Gasteiger partial charge on any atom is 0.316 e. The van der Waals surface area contributed by atoms with Gasteiger partial charge < -0.3 is 9.64 Å². The van der Waals surface area contributed by atoms with Crippen LogP contribution in [0.3, 0.4) is 0 Å². The predicted molar refractivity (Wildman–Crippen MR) is 104 cm³/mol. The van der Waals surface area contributed by atoms with Gasteiger partial charge in [0.1, 0.15) is 5.82 Å². The molecule has 2 unspecified atom stereocenters. The number of hydrogen-bond donors (Lipinski definition) is 0. The zero-order valence-electron chi connectivity index (χ0n) is 16.1. The number of anilines is 1. The van der Waals surface area contributed by atoms with Crippen molar-refractivity contribution in [2.45, 2.75) is 32.6 Å². The minimum atomic E-state index is -0.796. The van der Waals surface area contributed by atoms with Crippen molar-refractivity contribution in [1.82, 2.24) is 0 Å². The summed E-state index contributed by atoms with van der Waals surface area (Å²) in [5.41, 5.74) is 1.25. The van der Waals surface area contributed by atoms with Crippen LogP contribution in [0.2, 0.25) is 0 Å². The summed E-state index contributed by atoms with van der Waals surface area (Å²) in [7, 11) is 0. The molecule has 152 valence electrons. The highest BCUT2D eigenvalue weighted by molar-refractivity contribution is 6.00. The number of rotatable bonds is 6. The van der Waals surface area contributed by atoms with E-state index in [0.717, 1.165) is 35.9 Å². The number of amides is 1. The molecular weight excluding hydrogens is 379 g/mol. The molecule has 29 heavy (non-hydrogen) atoms. The summed E-state index contributed by atoms with van der Waals surface area (Å²) in [6, 6.07) is 10.2. The van der Waals surface area contributed by atoms with Crippen LogP contribution in [0.15, 0.2) is 42.5 Å². The monoisotopic (exact) mass is 400 g/mol. The van der Waals surface area contributed by atoms with Crippen molar-refractivity contribution in [3.63, 3.8) is 0 Å². The highest BCUT2D eigenvalue weighted by atomic mass is 19.1. The first kappa shape index (κ1) is 20.4. The van der Waals surface area contributed by atoms with Crippen molar-refractivity contribution in [3.05, 3.63) is 64.0 Å². The molecule has 0 aromatic heterocycles. The number of nitrogens with zero attached hydrogens (tertiary/aromatic N) is 2. The number of para-hydroxylation sites is 1. The average Bonchev–Trinajstić information content (AvgIpc) is 3.09. The van der Waals surface area contributed by atoms with Crippen LogP contribution in [0.4, 0.5) is 15.8 Å². The minimum absolute atomic E-state index is 0.0726. The van der Waals surface area contributed by atoms with Crippen LogP contribution in [0.5, 0.6) is 5.75 Å². The van der Waals surface area contributed by atoms with E-state index in [0.29, 0.717) is 0 Å². The van der Waals surface area contributed by atoms with Gasteiger partial charge in [0.25, 0.3) is 0 Å². The van der Waals surface area contributed by atoms with Crippen molar-refractivity contribution in [2.24, 2.45) is 5.92 Å².